The van der Waals surface area contributed by atoms with Crippen molar-refractivity contribution in [1.29, 1.82) is 0 Å². The molecular formula is C14H29N3O2. The fraction of sp³-hybridized carbons (Fsp3) is 0.929. The molecule has 0 bridgehead atoms. The lowest BCUT2D eigenvalue weighted by atomic mass is 10.0. The summed E-state index contributed by atoms with van der Waals surface area (Å²) in [6.07, 6.45) is 1.75. The molecule has 5 heteroatoms. The molecule has 1 amide bonds. The molecule has 0 aliphatic carbocycles. The first-order chi connectivity index (χ1) is 8.84. The van der Waals surface area contributed by atoms with Crippen LogP contribution < -0.4 is 10.6 Å². The van der Waals surface area contributed by atoms with Gasteiger partial charge in [-0.25, -0.2) is 0 Å². The zero-order chi connectivity index (χ0) is 14.5. The Morgan fingerprint density at radius 3 is 2.68 bits per heavy atom. The fourth-order valence-corrected chi connectivity index (χ4v) is 2.30. The van der Waals surface area contributed by atoms with Gasteiger partial charge in [0.25, 0.3) is 0 Å². The summed E-state index contributed by atoms with van der Waals surface area (Å²) < 4.78 is 0. The zero-order valence-electron chi connectivity index (χ0n) is 12.7. The Labute approximate surface area is 116 Å². The van der Waals surface area contributed by atoms with Gasteiger partial charge >= 0.3 is 0 Å². The standard InChI is InChI=1S/C14H29N3O2/c1-11(2)5-7-16-13(18)12(3)17(4)10-14(19)6-8-15-9-14/h11-12,15,19H,5-10H2,1-4H3,(H,16,18). The summed E-state index contributed by atoms with van der Waals surface area (Å²) >= 11 is 0. The summed E-state index contributed by atoms with van der Waals surface area (Å²) in [7, 11) is 1.89. The van der Waals surface area contributed by atoms with Crippen LogP contribution in [0.2, 0.25) is 0 Å². The number of amides is 1. The lowest BCUT2D eigenvalue weighted by molar-refractivity contribution is -0.126. The Morgan fingerprint density at radius 1 is 1.47 bits per heavy atom. The number of rotatable bonds is 7. The SMILES string of the molecule is CC(C)CCNC(=O)C(C)N(C)CC1(O)CCNC1. The number of carbonyl (C=O) groups excluding carboxylic acids is 1. The van der Waals surface area contributed by atoms with Crippen LogP contribution in [-0.4, -0.2) is 60.8 Å². The van der Waals surface area contributed by atoms with Gasteiger partial charge in [0.15, 0.2) is 0 Å². The van der Waals surface area contributed by atoms with Crippen molar-refractivity contribution in [2.45, 2.75) is 45.3 Å². The number of likely N-dealkylation sites (N-methyl/N-ethyl adjacent to an activating group) is 1. The van der Waals surface area contributed by atoms with E-state index in [9.17, 15) is 9.90 Å². The molecule has 1 fully saturated rings. The van der Waals surface area contributed by atoms with E-state index in [4.69, 9.17) is 0 Å². The van der Waals surface area contributed by atoms with Crippen LogP contribution in [0.3, 0.4) is 0 Å². The topological polar surface area (TPSA) is 64.6 Å². The molecule has 3 N–H and O–H groups in total. The predicted molar refractivity (Wildman–Crippen MR) is 77.0 cm³/mol. The number of nitrogens with one attached hydrogen (secondary N) is 2. The minimum atomic E-state index is -0.693. The molecule has 0 aromatic carbocycles. The Bertz CT molecular complexity index is 288. The largest absolute Gasteiger partial charge is 0.387 e. The molecule has 1 heterocycles. The maximum Gasteiger partial charge on any atom is 0.237 e. The van der Waals surface area contributed by atoms with E-state index in [0.717, 1.165) is 25.9 Å². The van der Waals surface area contributed by atoms with E-state index in [2.05, 4.69) is 24.5 Å². The van der Waals surface area contributed by atoms with Crippen LogP contribution in [0.1, 0.15) is 33.6 Å². The second-order valence-corrected chi connectivity index (χ2v) is 6.22. The van der Waals surface area contributed by atoms with Gasteiger partial charge in [-0.15, -0.1) is 0 Å². The van der Waals surface area contributed by atoms with Crippen LogP contribution in [0.25, 0.3) is 0 Å². The van der Waals surface area contributed by atoms with Crippen molar-refractivity contribution in [3.05, 3.63) is 0 Å². The summed E-state index contributed by atoms with van der Waals surface area (Å²) in [5, 5.41) is 16.4. The lowest BCUT2D eigenvalue weighted by Crippen LogP contribution is -2.50. The first-order valence-corrected chi connectivity index (χ1v) is 7.25. The summed E-state index contributed by atoms with van der Waals surface area (Å²) in [5.74, 6) is 0.635. The molecule has 2 unspecified atom stereocenters. The molecule has 5 nitrogen and oxygen atoms in total. The van der Waals surface area contributed by atoms with Crippen LogP contribution in [-0.2, 0) is 4.79 Å². The third kappa shape index (κ3) is 5.47. The fourth-order valence-electron chi connectivity index (χ4n) is 2.30. The highest BCUT2D eigenvalue weighted by molar-refractivity contribution is 5.81. The molecule has 0 aromatic rings. The molecule has 1 aliphatic heterocycles. The number of hydrogen-bond donors (Lipinski definition) is 3. The highest BCUT2D eigenvalue weighted by atomic mass is 16.3. The van der Waals surface area contributed by atoms with E-state index in [1.165, 1.54) is 0 Å². The van der Waals surface area contributed by atoms with Gasteiger partial charge in [-0.3, -0.25) is 9.69 Å². The molecule has 112 valence electrons. The average Bonchev–Trinajstić information content (AvgIpc) is 2.74. The Balaban J connectivity index is 2.34. The Morgan fingerprint density at radius 2 is 2.16 bits per heavy atom. The van der Waals surface area contributed by atoms with Crippen LogP contribution in [0, 0.1) is 5.92 Å². The van der Waals surface area contributed by atoms with Crippen molar-refractivity contribution >= 4 is 5.91 Å². The maximum atomic E-state index is 12.0. The summed E-state index contributed by atoms with van der Waals surface area (Å²) in [6.45, 7) is 8.88. The summed E-state index contributed by atoms with van der Waals surface area (Å²) in [5.41, 5.74) is -0.693. The second kappa shape index (κ2) is 7.22. The van der Waals surface area contributed by atoms with Crippen LogP contribution in [0.4, 0.5) is 0 Å². The molecule has 0 saturated carbocycles. The smallest absolute Gasteiger partial charge is 0.237 e. The van der Waals surface area contributed by atoms with Gasteiger partial charge in [-0.1, -0.05) is 13.8 Å². The van der Waals surface area contributed by atoms with Crippen LogP contribution in [0.15, 0.2) is 0 Å². The van der Waals surface area contributed by atoms with Crippen molar-refractivity contribution in [2.24, 2.45) is 5.92 Å². The van der Waals surface area contributed by atoms with Crippen LogP contribution >= 0.6 is 0 Å². The molecule has 1 aliphatic rings. The summed E-state index contributed by atoms with van der Waals surface area (Å²) in [6, 6.07) is -0.211. The summed E-state index contributed by atoms with van der Waals surface area (Å²) in [4.78, 5) is 13.9. The molecule has 0 radical (unpaired) electrons. The van der Waals surface area contributed by atoms with E-state index < -0.39 is 5.60 Å². The van der Waals surface area contributed by atoms with Gasteiger partial charge in [-0.05, 0) is 39.3 Å². The quantitative estimate of drug-likeness (QED) is 0.619. The molecular weight excluding hydrogens is 242 g/mol. The van der Waals surface area contributed by atoms with Gasteiger partial charge in [-0.2, -0.15) is 0 Å². The molecule has 1 rings (SSSR count). The van der Waals surface area contributed by atoms with E-state index >= 15 is 0 Å². The molecule has 1 saturated heterocycles. The average molecular weight is 271 g/mol. The monoisotopic (exact) mass is 271 g/mol. The van der Waals surface area contributed by atoms with Gasteiger partial charge in [0, 0.05) is 19.6 Å². The van der Waals surface area contributed by atoms with Gasteiger partial charge in [0.05, 0.1) is 11.6 Å². The van der Waals surface area contributed by atoms with Crippen molar-refractivity contribution in [3.8, 4) is 0 Å². The first kappa shape index (κ1) is 16.4. The zero-order valence-corrected chi connectivity index (χ0v) is 12.7. The normalized spacial score (nSPS) is 25.0. The molecule has 0 aromatic heterocycles. The Hall–Kier alpha value is -0.650. The van der Waals surface area contributed by atoms with Crippen molar-refractivity contribution in [1.82, 2.24) is 15.5 Å². The van der Waals surface area contributed by atoms with Gasteiger partial charge in [0.1, 0.15) is 0 Å². The number of aliphatic hydroxyl groups is 1. The van der Waals surface area contributed by atoms with Crippen molar-refractivity contribution in [2.75, 3.05) is 33.2 Å². The van der Waals surface area contributed by atoms with Gasteiger partial charge in [0.2, 0.25) is 5.91 Å². The maximum absolute atomic E-state index is 12.0. The number of β-amino-alcohol motifs (C(OH)–C–C–N with tert-alkyl or cyclic N) is 1. The number of nitrogens with zero attached hydrogens (tertiary/aromatic N) is 1. The minimum absolute atomic E-state index is 0.0395. The molecule has 19 heavy (non-hydrogen) atoms. The number of hydrogen-bond acceptors (Lipinski definition) is 4. The molecule has 2 atom stereocenters. The van der Waals surface area contributed by atoms with E-state index in [1.54, 1.807) is 0 Å². The van der Waals surface area contributed by atoms with E-state index in [0.29, 0.717) is 19.0 Å². The molecule has 0 spiro atoms. The van der Waals surface area contributed by atoms with E-state index in [-0.39, 0.29) is 11.9 Å². The van der Waals surface area contributed by atoms with Crippen LogP contribution in [0.5, 0.6) is 0 Å². The van der Waals surface area contributed by atoms with Gasteiger partial charge < -0.3 is 15.7 Å². The predicted octanol–water partition coefficient (Wildman–Crippen LogP) is 0.193. The number of carbonyl (C=O) groups is 1. The second-order valence-electron chi connectivity index (χ2n) is 6.22. The minimum Gasteiger partial charge on any atom is -0.387 e. The highest BCUT2D eigenvalue weighted by Crippen LogP contribution is 2.16. The Kier molecular flexibility index (Phi) is 6.23. The third-order valence-electron chi connectivity index (χ3n) is 3.83. The third-order valence-corrected chi connectivity index (χ3v) is 3.83. The highest BCUT2D eigenvalue weighted by Gasteiger charge is 2.34. The van der Waals surface area contributed by atoms with Crippen molar-refractivity contribution < 1.29 is 9.90 Å². The first-order valence-electron chi connectivity index (χ1n) is 7.25. The van der Waals surface area contributed by atoms with Crippen molar-refractivity contribution in [3.63, 3.8) is 0 Å². The lowest BCUT2D eigenvalue weighted by Gasteiger charge is -2.31. The van der Waals surface area contributed by atoms with E-state index in [1.807, 2.05) is 18.9 Å².